The molecule has 1 N–H and O–H groups in total. The maximum atomic E-state index is 6.22. The van der Waals surface area contributed by atoms with Gasteiger partial charge in [0, 0.05) is 36.3 Å². The zero-order valence-corrected chi connectivity index (χ0v) is 13.0. The zero-order valence-electron chi connectivity index (χ0n) is 11.5. The smallest absolute Gasteiger partial charge is 0.0468 e. The van der Waals surface area contributed by atoms with Gasteiger partial charge in [0.1, 0.15) is 0 Å². The second-order valence-electron chi connectivity index (χ2n) is 5.51. The summed E-state index contributed by atoms with van der Waals surface area (Å²) in [6.45, 7) is 3.98. The first-order valence-corrected chi connectivity index (χ1v) is 7.49. The van der Waals surface area contributed by atoms with Crippen molar-refractivity contribution in [2.24, 2.45) is 5.41 Å². The van der Waals surface area contributed by atoms with Crippen LogP contribution in [0, 0.1) is 5.41 Å². The number of hydrogen-bond acceptors (Lipinski definition) is 2. The molecule has 19 heavy (non-hydrogen) atoms. The van der Waals surface area contributed by atoms with E-state index in [1.807, 2.05) is 18.2 Å². The van der Waals surface area contributed by atoms with Crippen LogP contribution in [0.3, 0.4) is 0 Å². The van der Waals surface area contributed by atoms with E-state index in [2.05, 4.69) is 12.2 Å². The fraction of sp³-hybridized carbons (Fsp3) is 0.600. The molecule has 1 unspecified atom stereocenters. The van der Waals surface area contributed by atoms with Gasteiger partial charge in [0.2, 0.25) is 0 Å². The summed E-state index contributed by atoms with van der Waals surface area (Å²) in [4.78, 5) is 0. The molecule has 4 heteroatoms. The molecule has 1 atom stereocenters. The van der Waals surface area contributed by atoms with Crippen molar-refractivity contribution in [1.82, 2.24) is 5.32 Å². The molecule has 1 aromatic carbocycles. The Kier molecular flexibility index (Phi) is 5.13. The van der Waals surface area contributed by atoms with Crippen molar-refractivity contribution in [3.8, 4) is 0 Å². The van der Waals surface area contributed by atoms with Crippen molar-refractivity contribution in [1.29, 1.82) is 0 Å². The van der Waals surface area contributed by atoms with Crippen LogP contribution in [0.1, 0.15) is 37.8 Å². The summed E-state index contributed by atoms with van der Waals surface area (Å²) < 4.78 is 5.18. The van der Waals surface area contributed by atoms with E-state index in [1.54, 1.807) is 7.11 Å². The Morgan fingerprint density at radius 3 is 2.74 bits per heavy atom. The lowest BCUT2D eigenvalue weighted by molar-refractivity contribution is 0.170. The Bertz CT molecular complexity index is 432. The van der Waals surface area contributed by atoms with Gasteiger partial charge in [-0.25, -0.2) is 0 Å². The van der Waals surface area contributed by atoms with E-state index < -0.39 is 0 Å². The highest BCUT2D eigenvalue weighted by atomic mass is 35.5. The molecule has 1 fully saturated rings. The lowest BCUT2D eigenvalue weighted by atomic mass is 10.0. The molecule has 106 valence electrons. The minimum atomic E-state index is 0.214. The molecular weight excluding hydrogens is 281 g/mol. The van der Waals surface area contributed by atoms with Crippen molar-refractivity contribution < 1.29 is 4.74 Å². The summed E-state index contributed by atoms with van der Waals surface area (Å²) in [5, 5.41) is 5.08. The van der Waals surface area contributed by atoms with Gasteiger partial charge in [-0.15, -0.1) is 0 Å². The average Bonchev–Trinajstić information content (AvgIpc) is 3.17. The standard InChI is InChI=1S/C15H21Cl2NO/c1-11(13-9-12(16)3-4-14(13)17)18-10-15(5-6-15)7-8-19-2/h3-4,9,11,18H,5-8,10H2,1-2H3. The molecule has 1 saturated carbocycles. The van der Waals surface area contributed by atoms with Crippen LogP contribution in [-0.4, -0.2) is 20.3 Å². The van der Waals surface area contributed by atoms with Gasteiger partial charge in [-0.05, 0) is 55.4 Å². The largest absolute Gasteiger partial charge is 0.385 e. The summed E-state index contributed by atoms with van der Waals surface area (Å²) in [5.74, 6) is 0. The lowest BCUT2D eigenvalue weighted by Gasteiger charge is -2.21. The molecule has 1 aliphatic rings. The molecule has 1 aromatic rings. The van der Waals surface area contributed by atoms with Crippen LogP contribution in [0.2, 0.25) is 10.0 Å². The molecule has 0 amide bonds. The van der Waals surface area contributed by atoms with Crippen LogP contribution in [0.15, 0.2) is 18.2 Å². The van der Waals surface area contributed by atoms with Crippen molar-refractivity contribution in [2.75, 3.05) is 20.3 Å². The van der Waals surface area contributed by atoms with E-state index in [-0.39, 0.29) is 6.04 Å². The van der Waals surface area contributed by atoms with Crippen LogP contribution < -0.4 is 5.32 Å². The molecule has 1 aliphatic carbocycles. The number of ether oxygens (including phenoxy) is 1. The first-order valence-electron chi connectivity index (χ1n) is 6.74. The quantitative estimate of drug-likeness (QED) is 0.803. The third-order valence-corrected chi connectivity index (χ3v) is 4.58. The predicted molar refractivity (Wildman–Crippen MR) is 81.0 cm³/mol. The molecule has 0 heterocycles. The van der Waals surface area contributed by atoms with E-state index in [0.29, 0.717) is 5.41 Å². The van der Waals surface area contributed by atoms with Crippen molar-refractivity contribution in [3.63, 3.8) is 0 Å². The first-order chi connectivity index (χ1) is 9.06. The van der Waals surface area contributed by atoms with Gasteiger partial charge >= 0.3 is 0 Å². The highest BCUT2D eigenvalue weighted by molar-refractivity contribution is 6.33. The fourth-order valence-corrected chi connectivity index (χ4v) is 2.80. The van der Waals surface area contributed by atoms with E-state index in [0.717, 1.165) is 35.2 Å². The molecule has 0 saturated heterocycles. The van der Waals surface area contributed by atoms with Gasteiger partial charge in [-0.1, -0.05) is 23.2 Å². The normalized spacial score (nSPS) is 18.3. The molecule has 0 aliphatic heterocycles. The topological polar surface area (TPSA) is 21.3 Å². The summed E-state index contributed by atoms with van der Waals surface area (Å²) in [7, 11) is 1.76. The molecule has 2 rings (SSSR count). The molecule has 0 bridgehead atoms. The van der Waals surface area contributed by atoms with Gasteiger partial charge in [-0.2, -0.15) is 0 Å². The maximum absolute atomic E-state index is 6.22. The van der Waals surface area contributed by atoms with E-state index in [9.17, 15) is 0 Å². The number of benzene rings is 1. The Hall–Kier alpha value is -0.280. The average molecular weight is 302 g/mol. The summed E-state index contributed by atoms with van der Waals surface area (Å²) in [5.41, 5.74) is 1.51. The van der Waals surface area contributed by atoms with Gasteiger partial charge in [0.25, 0.3) is 0 Å². The Labute approximate surface area is 125 Å². The van der Waals surface area contributed by atoms with Crippen molar-refractivity contribution >= 4 is 23.2 Å². The van der Waals surface area contributed by atoms with E-state index in [4.69, 9.17) is 27.9 Å². The van der Waals surface area contributed by atoms with Crippen LogP contribution in [0.25, 0.3) is 0 Å². The summed E-state index contributed by atoms with van der Waals surface area (Å²) in [6, 6.07) is 5.83. The SMILES string of the molecule is COCCC1(CNC(C)c2cc(Cl)ccc2Cl)CC1. The van der Waals surface area contributed by atoms with Gasteiger partial charge < -0.3 is 10.1 Å². The van der Waals surface area contributed by atoms with Crippen LogP contribution >= 0.6 is 23.2 Å². The summed E-state index contributed by atoms with van der Waals surface area (Å²) >= 11 is 12.3. The molecule has 0 radical (unpaired) electrons. The van der Waals surface area contributed by atoms with Gasteiger partial charge in [-0.3, -0.25) is 0 Å². The molecule has 2 nitrogen and oxygen atoms in total. The Morgan fingerprint density at radius 2 is 2.11 bits per heavy atom. The van der Waals surface area contributed by atoms with Gasteiger partial charge in [0.05, 0.1) is 0 Å². The van der Waals surface area contributed by atoms with Crippen LogP contribution in [0.4, 0.5) is 0 Å². The molecule has 0 aromatic heterocycles. The molecular formula is C15H21Cl2NO. The first kappa shape index (κ1) is 15.1. The third kappa shape index (κ3) is 4.09. The van der Waals surface area contributed by atoms with Crippen LogP contribution in [0.5, 0.6) is 0 Å². The van der Waals surface area contributed by atoms with E-state index >= 15 is 0 Å². The second-order valence-corrected chi connectivity index (χ2v) is 6.35. The maximum Gasteiger partial charge on any atom is 0.0468 e. The van der Waals surface area contributed by atoms with Gasteiger partial charge in [0.15, 0.2) is 0 Å². The fourth-order valence-electron chi connectivity index (χ4n) is 2.34. The number of rotatable bonds is 7. The number of methoxy groups -OCH3 is 1. The zero-order chi connectivity index (χ0) is 13.9. The highest BCUT2D eigenvalue weighted by Crippen LogP contribution is 2.48. The number of nitrogens with one attached hydrogen (secondary N) is 1. The number of halogens is 2. The van der Waals surface area contributed by atoms with Crippen molar-refractivity contribution in [2.45, 2.75) is 32.2 Å². The third-order valence-electron chi connectivity index (χ3n) is 4.00. The minimum absolute atomic E-state index is 0.214. The number of hydrogen-bond donors (Lipinski definition) is 1. The lowest BCUT2D eigenvalue weighted by Crippen LogP contribution is -2.27. The van der Waals surface area contributed by atoms with E-state index in [1.165, 1.54) is 12.8 Å². The Morgan fingerprint density at radius 1 is 1.37 bits per heavy atom. The minimum Gasteiger partial charge on any atom is -0.385 e. The van der Waals surface area contributed by atoms with Crippen LogP contribution in [-0.2, 0) is 4.74 Å². The monoisotopic (exact) mass is 301 g/mol. The van der Waals surface area contributed by atoms with Crippen molar-refractivity contribution in [3.05, 3.63) is 33.8 Å². The molecule has 0 spiro atoms. The summed E-state index contributed by atoms with van der Waals surface area (Å²) in [6.07, 6.45) is 3.71. The second kappa shape index (κ2) is 6.45. The Balaban J connectivity index is 1.90. The highest BCUT2D eigenvalue weighted by Gasteiger charge is 2.41. The predicted octanol–water partition coefficient (Wildman–Crippen LogP) is 4.46.